The standard InChI is InChI=1S/C19H24N2O/c1-14(21-18(22)19(20)12-5-2-6-13-19)16-11-7-9-15-8-3-4-10-17(15)16/h3-4,7-11,14H,2,5-6,12-13,20H2,1H3,(H,21,22). The number of rotatable bonds is 3. The lowest BCUT2D eigenvalue weighted by atomic mass is 9.81. The van der Waals surface area contributed by atoms with E-state index in [1.54, 1.807) is 0 Å². The van der Waals surface area contributed by atoms with Gasteiger partial charge in [0.15, 0.2) is 0 Å². The van der Waals surface area contributed by atoms with Gasteiger partial charge in [-0.05, 0) is 36.1 Å². The lowest BCUT2D eigenvalue weighted by molar-refractivity contribution is -0.128. The molecule has 2 aromatic carbocycles. The van der Waals surface area contributed by atoms with E-state index in [4.69, 9.17) is 5.73 Å². The van der Waals surface area contributed by atoms with Gasteiger partial charge in [-0.25, -0.2) is 0 Å². The fraction of sp³-hybridized carbons (Fsp3) is 0.421. The first kappa shape index (κ1) is 15.0. The molecule has 1 atom stereocenters. The number of amides is 1. The molecule has 1 amide bonds. The molecule has 0 aliphatic heterocycles. The highest BCUT2D eigenvalue weighted by atomic mass is 16.2. The van der Waals surface area contributed by atoms with E-state index in [2.05, 4.69) is 29.6 Å². The van der Waals surface area contributed by atoms with Gasteiger partial charge >= 0.3 is 0 Å². The zero-order valence-electron chi connectivity index (χ0n) is 13.1. The second-order valence-corrected chi connectivity index (χ2v) is 6.48. The predicted octanol–water partition coefficient (Wildman–Crippen LogP) is 3.68. The average molecular weight is 296 g/mol. The van der Waals surface area contributed by atoms with E-state index in [0.29, 0.717) is 0 Å². The number of carbonyl (C=O) groups is 1. The van der Waals surface area contributed by atoms with Crippen molar-refractivity contribution in [2.75, 3.05) is 0 Å². The van der Waals surface area contributed by atoms with Gasteiger partial charge in [0.2, 0.25) is 5.91 Å². The normalized spacial score (nSPS) is 18.8. The topological polar surface area (TPSA) is 55.1 Å². The van der Waals surface area contributed by atoms with Gasteiger partial charge in [0.05, 0.1) is 11.6 Å². The minimum Gasteiger partial charge on any atom is -0.348 e. The molecule has 0 aromatic heterocycles. The maximum absolute atomic E-state index is 12.6. The second kappa shape index (κ2) is 6.09. The molecule has 1 aliphatic rings. The summed E-state index contributed by atoms with van der Waals surface area (Å²) in [5, 5.41) is 5.52. The van der Waals surface area contributed by atoms with E-state index in [9.17, 15) is 4.79 Å². The first-order valence-electron chi connectivity index (χ1n) is 8.18. The van der Waals surface area contributed by atoms with Gasteiger partial charge in [-0.1, -0.05) is 61.7 Å². The van der Waals surface area contributed by atoms with Crippen LogP contribution in [0.3, 0.4) is 0 Å². The fourth-order valence-corrected chi connectivity index (χ4v) is 3.46. The average Bonchev–Trinajstić information content (AvgIpc) is 2.55. The fourth-order valence-electron chi connectivity index (χ4n) is 3.46. The van der Waals surface area contributed by atoms with Gasteiger partial charge in [0, 0.05) is 0 Å². The molecule has 2 aromatic rings. The van der Waals surface area contributed by atoms with Gasteiger partial charge in [0.25, 0.3) is 0 Å². The van der Waals surface area contributed by atoms with Crippen LogP contribution in [0.25, 0.3) is 10.8 Å². The summed E-state index contributed by atoms with van der Waals surface area (Å²) >= 11 is 0. The number of hydrogen-bond donors (Lipinski definition) is 2. The summed E-state index contributed by atoms with van der Waals surface area (Å²) in [6.45, 7) is 2.03. The van der Waals surface area contributed by atoms with Crippen LogP contribution in [0.2, 0.25) is 0 Å². The van der Waals surface area contributed by atoms with Gasteiger partial charge in [-0.2, -0.15) is 0 Å². The Labute approximate surface area is 131 Å². The third kappa shape index (κ3) is 2.86. The zero-order valence-corrected chi connectivity index (χ0v) is 13.1. The number of hydrogen-bond acceptors (Lipinski definition) is 2. The zero-order chi connectivity index (χ0) is 15.6. The highest BCUT2D eigenvalue weighted by molar-refractivity contribution is 5.89. The van der Waals surface area contributed by atoms with Crippen LogP contribution in [0.1, 0.15) is 50.6 Å². The Hall–Kier alpha value is -1.87. The Morgan fingerprint density at radius 3 is 2.55 bits per heavy atom. The Morgan fingerprint density at radius 2 is 1.77 bits per heavy atom. The van der Waals surface area contributed by atoms with Crippen molar-refractivity contribution in [3.8, 4) is 0 Å². The third-order valence-corrected chi connectivity index (χ3v) is 4.84. The maximum Gasteiger partial charge on any atom is 0.240 e. The first-order chi connectivity index (χ1) is 10.6. The van der Waals surface area contributed by atoms with Crippen molar-refractivity contribution in [3.63, 3.8) is 0 Å². The molecule has 3 rings (SSSR count). The van der Waals surface area contributed by atoms with Gasteiger partial charge in [0.1, 0.15) is 0 Å². The molecule has 1 fully saturated rings. The lowest BCUT2D eigenvalue weighted by Crippen LogP contribution is -2.55. The molecule has 116 valence electrons. The minimum absolute atomic E-state index is 0.00682. The predicted molar refractivity (Wildman–Crippen MR) is 90.5 cm³/mol. The van der Waals surface area contributed by atoms with Crippen molar-refractivity contribution < 1.29 is 4.79 Å². The van der Waals surface area contributed by atoms with E-state index in [1.165, 1.54) is 17.2 Å². The van der Waals surface area contributed by atoms with Crippen molar-refractivity contribution in [2.45, 2.75) is 50.6 Å². The molecule has 3 heteroatoms. The SMILES string of the molecule is CC(NC(=O)C1(N)CCCCC1)c1cccc2ccccc12. The van der Waals surface area contributed by atoms with Crippen LogP contribution >= 0.6 is 0 Å². The van der Waals surface area contributed by atoms with Crippen LogP contribution in [-0.4, -0.2) is 11.4 Å². The molecule has 1 saturated carbocycles. The molecule has 22 heavy (non-hydrogen) atoms. The maximum atomic E-state index is 12.6. The molecule has 0 radical (unpaired) electrons. The Kier molecular flexibility index (Phi) is 4.16. The van der Waals surface area contributed by atoms with E-state index in [0.717, 1.165) is 31.2 Å². The van der Waals surface area contributed by atoms with Gasteiger partial charge in [-0.3, -0.25) is 4.79 Å². The van der Waals surface area contributed by atoms with Gasteiger partial charge < -0.3 is 11.1 Å². The highest BCUT2D eigenvalue weighted by Gasteiger charge is 2.35. The van der Waals surface area contributed by atoms with Crippen LogP contribution in [0.4, 0.5) is 0 Å². The molecular weight excluding hydrogens is 272 g/mol. The first-order valence-corrected chi connectivity index (χ1v) is 8.18. The summed E-state index contributed by atoms with van der Waals surface area (Å²) in [6.07, 6.45) is 4.87. The number of carbonyl (C=O) groups excluding carboxylic acids is 1. The summed E-state index contributed by atoms with van der Waals surface area (Å²) in [5.41, 5.74) is 6.79. The Bertz CT molecular complexity index is 669. The third-order valence-electron chi connectivity index (χ3n) is 4.84. The lowest BCUT2D eigenvalue weighted by Gasteiger charge is -2.33. The van der Waals surface area contributed by atoms with E-state index in [1.807, 2.05) is 25.1 Å². The highest BCUT2D eigenvalue weighted by Crippen LogP contribution is 2.28. The summed E-state index contributed by atoms with van der Waals surface area (Å²) < 4.78 is 0. The van der Waals surface area contributed by atoms with Crippen molar-refractivity contribution in [1.29, 1.82) is 0 Å². The second-order valence-electron chi connectivity index (χ2n) is 6.48. The number of nitrogens with one attached hydrogen (secondary N) is 1. The quantitative estimate of drug-likeness (QED) is 0.908. The van der Waals surface area contributed by atoms with Crippen molar-refractivity contribution in [3.05, 3.63) is 48.0 Å². The van der Waals surface area contributed by atoms with E-state index >= 15 is 0 Å². The Balaban J connectivity index is 1.81. The molecule has 3 N–H and O–H groups in total. The van der Waals surface area contributed by atoms with E-state index in [-0.39, 0.29) is 11.9 Å². The van der Waals surface area contributed by atoms with Crippen LogP contribution in [0.5, 0.6) is 0 Å². The molecule has 3 nitrogen and oxygen atoms in total. The Morgan fingerprint density at radius 1 is 1.09 bits per heavy atom. The largest absolute Gasteiger partial charge is 0.348 e. The molecule has 0 bridgehead atoms. The number of nitrogens with two attached hydrogens (primary N) is 1. The molecular formula is C19H24N2O. The molecule has 1 unspecified atom stereocenters. The van der Waals surface area contributed by atoms with Crippen LogP contribution in [0.15, 0.2) is 42.5 Å². The number of benzene rings is 2. The monoisotopic (exact) mass is 296 g/mol. The van der Waals surface area contributed by atoms with Crippen LogP contribution in [-0.2, 0) is 4.79 Å². The molecule has 0 heterocycles. The van der Waals surface area contributed by atoms with Gasteiger partial charge in [-0.15, -0.1) is 0 Å². The molecule has 0 spiro atoms. The summed E-state index contributed by atoms with van der Waals surface area (Å²) in [4.78, 5) is 12.6. The van der Waals surface area contributed by atoms with Crippen LogP contribution < -0.4 is 11.1 Å². The van der Waals surface area contributed by atoms with Crippen molar-refractivity contribution in [2.24, 2.45) is 5.73 Å². The summed E-state index contributed by atoms with van der Waals surface area (Å²) in [7, 11) is 0. The number of fused-ring (bicyclic) bond motifs is 1. The summed E-state index contributed by atoms with van der Waals surface area (Å²) in [6, 6.07) is 14.4. The molecule has 1 aliphatic carbocycles. The molecule has 0 saturated heterocycles. The minimum atomic E-state index is -0.683. The van der Waals surface area contributed by atoms with Crippen molar-refractivity contribution >= 4 is 16.7 Å². The summed E-state index contributed by atoms with van der Waals surface area (Å²) in [5.74, 6) is -0.00682. The smallest absolute Gasteiger partial charge is 0.240 e. The van der Waals surface area contributed by atoms with E-state index < -0.39 is 5.54 Å². The van der Waals surface area contributed by atoms with Crippen molar-refractivity contribution in [1.82, 2.24) is 5.32 Å². The van der Waals surface area contributed by atoms with Crippen LogP contribution in [0, 0.1) is 0 Å².